The number of nitrogens with zero attached hydrogens (tertiary/aromatic N) is 3. The summed E-state index contributed by atoms with van der Waals surface area (Å²) in [6.45, 7) is 0.914. The van der Waals surface area contributed by atoms with E-state index < -0.39 is 5.92 Å². The molecule has 0 saturated carbocycles. The molecule has 0 fully saturated rings. The van der Waals surface area contributed by atoms with E-state index in [0.29, 0.717) is 5.84 Å². The van der Waals surface area contributed by atoms with Crippen LogP contribution in [0.5, 0.6) is 0 Å². The molecule has 5 nitrogen and oxygen atoms in total. The zero-order valence-electron chi connectivity index (χ0n) is 7.62. The second-order valence-corrected chi connectivity index (χ2v) is 2.89. The van der Waals surface area contributed by atoms with Crippen molar-refractivity contribution in [1.29, 1.82) is 5.26 Å². The minimum atomic E-state index is -0.392. The van der Waals surface area contributed by atoms with Gasteiger partial charge in [-0.05, 0) is 26.4 Å². The van der Waals surface area contributed by atoms with Gasteiger partial charge in [0, 0.05) is 0 Å². The Labute approximate surface area is 77.3 Å². The molecular weight excluding hydrogens is 166 g/mol. The summed E-state index contributed by atoms with van der Waals surface area (Å²) in [5.74, 6) is -0.0705. The van der Waals surface area contributed by atoms with Crippen molar-refractivity contribution in [3.05, 3.63) is 0 Å². The summed E-state index contributed by atoms with van der Waals surface area (Å²) >= 11 is 0. The third kappa shape index (κ3) is 2.26. The number of nitriles is 1. The summed E-state index contributed by atoms with van der Waals surface area (Å²) in [6, 6.07) is 2.08. The highest BCUT2D eigenvalue weighted by atomic mass is 15.3. The van der Waals surface area contributed by atoms with Crippen LogP contribution in [0.25, 0.3) is 0 Å². The molecule has 3 N–H and O–H groups in total. The molecule has 0 aromatic heterocycles. The summed E-state index contributed by atoms with van der Waals surface area (Å²) in [7, 11) is 1.89. The van der Waals surface area contributed by atoms with Gasteiger partial charge >= 0.3 is 0 Å². The predicted octanol–water partition coefficient (Wildman–Crippen LogP) is -0.147. The normalized spacial score (nSPS) is 20.8. The molecule has 0 aliphatic carbocycles. The van der Waals surface area contributed by atoms with Gasteiger partial charge in [0.2, 0.25) is 0 Å². The van der Waals surface area contributed by atoms with E-state index in [9.17, 15) is 0 Å². The van der Waals surface area contributed by atoms with Crippen molar-refractivity contribution in [2.75, 3.05) is 13.6 Å². The van der Waals surface area contributed by atoms with Crippen molar-refractivity contribution in [2.45, 2.75) is 12.8 Å². The Balaban J connectivity index is 2.41. The molecule has 0 aromatic carbocycles. The number of hydrogen-bond acceptors (Lipinski definition) is 5. The number of amidine groups is 1. The first-order valence-electron chi connectivity index (χ1n) is 4.23. The van der Waals surface area contributed by atoms with Gasteiger partial charge in [-0.3, -0.25) is 0 Å². The molecule has 5 heteroatoms. The van der Waals surface area contributed by atoms with Crippen LogP contribution in [-0.4, -0.2) is 25.1 Å². The molecule has 1 aliphatic heterocycles. The van der Waals surface area contributed by atoms with E-state index in [-0.39, 0.29) is 0 Å². The van der Waals surface area contributed by atoms with E-state index in [0.717, 1.165) is 25.1 Å². The van der Waals surface area contributed by atoms with Gasteiger partial charge in [0.25, 0.3) is 0 Å². The van der Waals surface area contributed by atoms with Crippen LogP contribution in [0.3, 0.4) is 0 Å². The van der Waals surface area contributed by atoms with E-state index in [1.165, 1.54) is 0 Å². The molecule has 1 aliphatic rings. The molecule has 0 radical (unpaired) electrons. The molecule has 13 heavy (non-hydrogen) atoms. The van der Waals surface area contributed by atoms with Crippen LogP contribution in [-0.2, 0) is 0 Å². The molecule has 0 aromatic rings. The lowest BCUT2D eigenvalue weighted by Crippen LogP contribution is -2.25. The van der Waals surface area contributed by atoms with Gasteiger partial charge in [0.15, 0.2) is 0 Å². The van der Waals surface area contributed by atoms with Crippen molar-refractivity contribution < 1.29 is 0 Å². The topological polar surface area (TPSA) is 86.6 Å². The standard InChI is InChI=1S/C8H13N5/c1-11-4-2-3-7-6(5-9)8(10)13-12-7/h6,11H,2-4H2,1H3,(H2,10,13)/t6-/m1/s1. The molecule has 0 unspecified atom stereocenters. The molecule has 0 saturated heterocycles. The van der Waals surface area contributed by atoms with Crippen LogP contribution >= 0.6 is 0 Å². The Morgan fingerprint density at radius 1 is 1.62 bits per heavy atom. The maximum atomic E-state index is 8.76. The summed E-state index contributed by atoms with van der Waals surface area (Å²) < 4.78 is 0. The number of rotatable bonds is 4. The summed E-state index contributed by atoms with van der Waals surface area (Å²) in [6.07, 6.45) is 1.74. The quantitative estimate of drug-likeness (QED) is 0.588. The minimum Gasteiger partial charge on any atom is -0.384 e. The molecule has 0 bridgehead atoms. The number of nitrogens with two attached hydrogens (primary N) is 1. The van der Waals surface area contributed by atoms with E-state index in [2.05, 4.69) is 21.6 Å². The Hall–Kier alpha value is -1.41. The average molecular weight is 179 g/mol. The van der Waals surface area contributed by atoms with Crippen LogP contribution in [0.1, 0.15) is 12.8 Å². The molecule has 0 amide bonds. The van der Waals surface area contributed by atoms with Crippen molar-refractivity contribution in [2.24, 2.45) is 21.9 Å². The van der Waals surface area contributed by atoms with Gasteiger partial charge in [-0.2, -0.15) is 10.4 Å². The van der Waals surface area contributed by atoms with Crippen molar-refractivity contribution in [3.8, 4) is 6.07 Å². The zero-order valence-corrected chi connectivity index (χ0v) is 7.62. The second kappa shape index (κ2) is 4.58. The third-order valence-corrected chi connectivity index (χ3v) is 1.91. The van der Waals surface area contributed by atoms with Crippen molar-refractivity contribution in [1.82, 2.24) is 5.32 Å². The fourth-order valence-corrected chi connectivity index (χ4v) is 1.19. The molecule has 1 rings (SSSR count). The highest BCUT2D eigenvalue weighted by molar-refractivity contribution is 6.10. The van der Waals surface area contributed by atoms with Crippen LogP contribution in [0.2, 0.25) is 0 Å². The largest absolute Gasteiger partial charge is 0.384 e. The van der Waals surface area contributed by atoms with Gasteiger partial charge in [-0.25, -0.2) is 0 Å². The number of nitrogens with one attached hydrogen (secondary N) is 1. The van der Waals surface area contributed by atoms with Crippen LogP contribution in [0, 0.1) is 17.2 Å². The maximum Gasteiger partial charge on any atom is 0.145 e. The molecule has 0 spiro atoms. The SMILES string of the molecule is CNCCCC1=NN=C(N)[C@@H]1C#N. The minimum absolute atomic E-state index is 0.321. The van der Waals surface area contributed by atoms with Gasteiger partial charge < -0.3 is 11.1 Å². The lowest BCUT2D eigenvalue weighted by atomic mass is 10.0. The van der Waals surface area contributed by atoms with E-state index >= 15 is 0 Å². The van der Waals surface area contributed by atoms with Gasteiger partial charge in [0.05, 0.1) is 11.8 Å². The van der Waals surface area contributed by atoms with E-state index in [1.54, 1.807) is 0 Å². The second-order valence-electron chi connectivity index (χ2n) is 2.89. The smallest absolute Gasteiger partial charge is 0.145 e. The van der Waals surface area contributed by atoms with Crippen LogP contribution < -0.4 is 11.1 Å². The number of hydrogen-bond donors (Lipinski definition) is 2. The lowest BCUT2D eigenvalue weighted by molar-refractivity contribution is 0.742. The summed E-state index contributed by atoms with van der Waals surface area (Å²) in [5.41, 5.74) is 6.27. The van der Waals surface area contributed by atoms with Gasteiger partial charge in [-0.15, -0.1) is 5.10 Å². The summed E-state index contributed by atoms with van der Waals surface area (Å²) in [5, 5.41) is 19.3. The molecular formula is C8H13N5. The van der Waals surface area contributed by atoms with Crippen molar-refractivity contribution in [3.63, 3.8) is 0 Å². The molecule has 70 valence electrons. The lowest BCUT2D eigenvalue weighted by Gasteiger charge is -2.03. The first-order valence-corrected chi connectivity index (χ1v) is 4.23. The molecule has 1 heterocycles. The Kier molecular flexibility index (Phi) is 3.41. The van der Waals surface area contributed by atoms with Crippen LogP contribution in [0.4, 0.5) is 0 Å². The maximum absolute atomic E-state index is 8.76. The van der Waals surface area contributed by atoms with Crippen LogP contribution in [0.15, 0.2) is 10.2 Å². The molecule has 1 atom stereocenters. The average Bonchev–Trinajstić information content (AvgIpc) is 2.47. The zero-order chi connectivity index (χ0) is 9.68. The fourth-order valence-electron chi connectivity index (χ4n) is 1.19. The highest BCUT2D eigenvalue weighted by Gasteiger charge is 2.23. The first-order chi connectivity index (χ1) is 6.29. The highest BCUT2D eigenvalue weighted by Crippen LogP contribution is 2.11. The first kappa shape index (κ1) is 9.68. The van der Waals surface area contributed by atoms with Crippen molar-refractivity contribution >= 4 is 11.5 Å². The fraction of sp³-hybridized carbons (Fsp3) is 0.625. The van der Waals surface area contributed by atoms with Gasteiger partial charge in [0.1, 0.15) is 11.8 Å². The van der Waals surface area contributed by atoms with Gasteiger partial charge in [-0.1, -0.05) is 0 Å². The van der Waals surface area contributed by atoms with E-state index in [4.69, 9.17) is 11.0 Å². The predicted molar refractivity (Wildman–Crippen MR) is 51.3 cm³/mol. The van der Waals surface area contributed by atoms with E-state index in [1.807, 2.05) is 7.05 Å². The third-order valence-electron chi connectivity index (χ3n) is 1.91. The Morgan fingerprint density at radius 3 is 3.00 bits per heavy atom. The Bertz CT molecular complexity index is 273. The Morgan fingerprint density at radius 2 is 2.38 bits per heavy atom. The summed E-state index contributed by atoms with van der Waals surface area (Å²) in [4.78, 5) is 0. The monoisotopic (exact) mass is 179 g/mol.